The van der Waals surface area contributed by atoms with Crippen LogP contribution in [0.25, 0.3) is 0 Å². The molecule has 1 N–H and O–H groups in total. The average molecular weight is 356 g/mol. The summed E-state index contributed by atoms with van der Waals surface area (Å²) in [6.07, 6.45) is 3.29. The summed E-state index contributed by atoms with van der Waals surface area (Å²) in [6.45, 7) is 11.9. The summed E-state index contributed by atoms with van der Waals surface area (Å²) in [5, 5.41) is 2.77. The molecule has 25 heavy (non-hydrogen) atoms. The first-order valence-corrected chi connectivity index (χ1v) is 8.57. The molecule has 144 valence electrons. The van der Waals surface area contributed by atoms with Crippen molar-refractivity contribution in [3.63, 3.8) is 0 Å². The van der Waals surface area contributed by atoms with Gasteiger partial charge in [0.05, 0.1) is 19.4 Å². The van der Waals surface area contributed by atoms with Crippen molar-refractivity contribution in [2.24, 2.45) is 5.92 Å². The van der Waals surface area contributed by atoms with Crippen molar-refractivity contribution in [3.8, 4) is 0 Å². The Morgan fingerprint density at radius 3 is 2.24 bits per heavy atom. The molecule has 2 atom stereocenters. The van der Waals surface area contributed by atoms with E-state index in [0.29, 0.717) is 13.1 Å². The number of likely N-dealkylation sites (tertiary alicyclic amines) is 1. The van der Waals surface area contributed by atoms with Crippen LogP contribution in [0.4, 0.5) is 9.59 Å². The minimum absolute atomic E-state index is 0.117. The minimum atomic E-state index is -0.556. The summed E-state index contributed by atoms with van der Waals surface area (Å²) < 4.78 is 15.7. The van der Waals surface area contributed by atoms with E-state index < -0.39 is 17.3 Å². The van der Waals surface area contributed by atoms with Crippen LogP contribution in [0.2, 0.25) is 0 Å². The van der Waals surface area contributed by atoms with Crippen molar-refractivity contribution in [1.82, 2.24) is 10.2 Å². The maximum atomic E-state index is 12.4. The number of nitrogens with one attached hydrogen (secondary N) is 1. The van der Waals surface area contributed by atoms with Gasteiger partial charge in [-0.1, -0.05) is 0 Å². The molecule has 1 fully saturated rings. The summed E-state index contributed by atoms with van der Waals surface area (Å²) in [5.74, 6) is 0.117. The fraction of sp³-hybridized carbons (Fsp3) is 0.778. The van der Waals surface area contributed by atoms with E-state index in [1.165, 1.54) is 0 Å². The third-order valence-corrected chi connectivity index (χ3v) is 3.43. The molecule has 0 aromatic heterocycles. The first-order valence-electron chi connectivity index (χ1n) is 8.57. The van der Waals surface area contributed by atoms with Crippen LogP contribution in [-0.4, -0.2) is 54.5 Å². The lowest BCUT2D eigenvalue weighted by Gasteiger charge is -2.27. The second kappa shape index (κ2) is 8.45. The van der Waals surface area contributed by atoms with Crippen LogP contribution in [0, 0.1) is 5.92 Å². The predicted octanol–water partition coefficient (Wildman–Crippen LogP) is 3.30. The highest BCUT2D eigenvalue weighted by Crippen LogP contribution is 2.26. The van der Waals surface area contributed by atoms with Gasteiger partial charge in [0.2, 0.25) is 0 Å². The molecule has 1 saturated heterocycles. The Morgan fingerprint density at radius 1 is 1.12 bits per heavy atom. The lowest BCUT2D eigenvalue weighted by atomic mass is 10.1. The molecule has 1 rings (SSSR count). The molecule has 7 heteroatoms. The van der Waals surface area contributed by atoms with Crippen LogP contribution in [0.1, 0.15) is 48.0 Å². The van der Waals surface area contributed by atoms with Gasteiger partial charge >= 0.3 is 12.2 Å². The fourth-order valence-corrected chi connectivity index (χ4v) is 2.53. The van der Waals surface area contributed by atoms with E-state index in [4.69, 9.17) is 14.2 Å². The SMILES string of the molecule is CO/C=C/[C@@H]1C[C@H](CNC(=O)OC(C)(C)C)CN1C(=O)OC(C)(C)C. The highest BCUT2D eigenvalue weighted by molar-refractivity contribution is 5.69. The molecule has 0 saturated carbocycles. The van der Waals surface area contributed by atoms with Gasteiger partial charge in [-0.3, -0.25) is 0 Å². The van der Waals surface area contributed by atoms with Crippen molar-refractivity contribution in [2.75, 3.05) is 20.2 Å². The first kappa shape index (κ1) is 21.1. The lowest BCUT2D eigenvalue weighted by molar-refractivity contribution is 0.0249. The third kappa shape index (κ3) is 8.14. The summed E-state index contributed by atoms with van der Waals surface area (Å²) >= 11 is 0. The van der Waals surface area contributed by atoms with Gasteiger partial charge < -0.3 is 24.4 Å². The van der Waals surface area contributed by atoms with E-state index >= 15 is 0 Å². The molecule has 1 heterocycles. The number of carbonyl (C=O) groups is 2. The molecule has 0 bridgehead atoms. The molecule has 0 aromatic carbocycles. The van der Waals surface area contributed by atoms with E-state index in [9.17, 15) is 9.59 Å². The van der Waals surface area contributed by atoms with Crippen molar-refractivity contribution >= 4 is 12.2 Å². The van der Waals surface area contributed by atoms with Crippen LogP contribution < -0.4 is 5.32 Å². The van der Waals surface area contributed by atoms with Gasteiger partial charge in [0.25, 0.3) is 0 Å². The molecular formula is C18H32N2O5. The molecule has 1 aliphatic rings. The van der Waals surface area contributed by atoms with E-state index in [1.807, 2.05) is 47.6 Å². The zero-order valence-electron chi connectivity index (χ0n) is 16.4. The van der Waals surface area contributed by atoms with Gasteiger partial charge in [0.15, 0.2) is 0 Å². The maximum absolute atomic E-state index is 12.4. The number of carbonyl (C=O) groups excluding carboxylic acids is 2. The number of amides is 2. The Morgan fingerprint density at radius 2 is 1.72 bits per heavy atom. The van der Waals surface area contributed by atoms with Gasteiger partial charge in [-0.05, 0) is 60.0 Å². The Kier molecular flexibility index (Phi) is 7.14. The summed E-state index contributed by atoms with van der Waals surface area (Å²) in [4.78, 5) is 25.9. The molecule has 0 unspecified atom stereocenters. The molecule has 0 aliphatic carbocycles. The quantitative estimate of drug-likeness (QED) is 0.782. The molecule has 0 spiro atoms. The van der Waals surface area contributed by atoms with Crippen molar-refractivity contribution in [2.45, 2.75) is 65.2 Å². The van der Waals surface area contributed by atoms with E-state index in [-0.39, 0.29) is 18.1 Å². The second-order valence-electron chi connectivity index (χ2n) is 8.25. The number of hydrogen-bond donors (Lipinski definition) is 1. The zero-order chi connectivity index (χ0) is 19.3. The molecule has 7 nitrogen and oxygen atoms in total. The Bertz CT molecular complexity index is 491. The predicted molar refractivity (Wildman–Crippen MR) is 95.2 cm³/mol. The van der Waals surface area contributed by atoms with Crippen LogP contribution in [0.15, 0.2) is 12.3 Å². The number of alkyl carbamates (subject to hydrolysis) is 1. The summed E-state index contributed by atoms with van der Waals surface area (Å²) in [5.41, 5.74) is -1.09. The zero-order valence-corrected chi connectivity index (χ0v) is 16.4. The molecule has 1 aliphatic heterocycles. The van der Waals surface area contributed by atoms with Crippen molar-refractivity contribution in [1.29, 1.82) is 0 Å². The van der Waals surface area contributed by atoms with E-state index in [0.717, 1.165) is 6.42 Å². The second-order valence-corrected chi connectivity index (χ2v) is 8.25. The summed E-state index contributed by atoms with van der Waals surface area (Å²) in [6, 6.07) is -0.125. The number of methoxy groups -OCH3 is 1. The maximum Gasteiger partial charge on any atom is 0.410 e. The summed E-state index contributed by atoms with van der Waals surface area (Å²) in [7, 11) is 1.56. The normalized spacial score (nSPS) is 21.3. The molecular weight excluding hydrogens is 324 g/mol. The highest BCUT2D eigenvalue weighted by Gasteiger charge is 2.36. The minimum Gasteiger partial charge on any atom is -0.505 e. The topological polar surface area (TPSA) is 77.1 Å². The number of ether oxygens (including phenoxy) is 3. The van der Waals surface area contributed by atoms with E-state index in [1.54, 1.807) is 18.3 Å². The monoisotopic (exact) mass is 356 g/mol. The van der Waals surface area contributed by atoms with E-state index in [2.05, 4.69) is 5.32 Å². The molecule has 0 aromatic rings. The highest BCUT2D eigenvalue weighted by atomic mass is 16.6. The average Bonchev–Trinajstić information content (AvgIpc) is 2.82. The number of hydrogen-bond acceptors (Lipinski definition) is 5. The number of rotatable bonds is 4. The lowest BCUT2D eigenvalue weighted by Crippen LogP contribution is -2.40. The van der Waals surface area contributed by atoms with Crippen molar-refractivity contribution < 1.29 is 23.8 Å². The third-order valence-electron chi connectivity index (χ3n) is 3.43. The number of nitrogens with zero attached hydrogens (tertiary/aromatic N) is 1. The smallest absolute Gasteiger partial charge is 0.410 e. The van der Waals surface area contributed by atoms with Crippen LogP contribution in [-0.2, 0) is 14.2 Å². The van der Waals surface area contributed by atoms with Crippen LogP contribution in [0.5, 0.6) is 0 Å². The van der Waals surface area contributed by atoms with Crippen molar-refractivity contribution in [3.05, 3.63) is 12.3 Å². The largest absolute Gasteiger partial charge is 0.505 e. The standard InChI is InChI=1S/C18H32N2O5/c1-17(2,3)24-15(21)19-11-13-10-14(8-9-23-7)20(12-13)16(22)25-18(4,5)6/h8-9,13-14H,10-12H2,1-7H3,(H,19,21)/b9-8+/t13-,14-/m1/s1. The Balaban J connectivity index is 2.65. The van der Waals surface area contributed by atoms with Gasteiger partial charge in [-0.25, -0.2) is 9.59 Å². The fourth-order valence-electron chi connectivity index (χ4n) is 2.53. The van der Waals surface area contributed by atoms with Gasteiger partial charge in [-0.15, -0.1) is 0 Å². The van der Waals surface area contributed by atoms with Crippen LogP contribution >= 0.6 is 0 Å². The Hall–Kier alpha value is -1.92. The molecule has 2 amide bonds. The first-order chi connectivity index (χ1) is 11.4. The van der Waals surface area contributed by atoms with Gasteiger partial charge in [0.1, 0.15) is 11.2 Å². The molecule has 0 radical (unpaired) electrons. The van der Waals surface area contributed by atoms with Gasteiger partial charge in [0, 0.05) is 13.1 Å². The van der Waals surface area contributed by atoms with Gasteiger partial charge in [-0.2, -0.15) is 0 Å². The van der Waals surface area contributed by atoms with Crippen LogP contribution in [0.3, 0.4) is 0 Å². The Labute approximate surface area is 150 Å².